The van der Waals surface area contributed by atoms with Crippen LogP contribution in [-0.2, 0) is 13.5 Å². The first-order valence-corrected chi connectivity index (χ1v) is 7.54. The molecule has 0 fully saturated rings. The minimum absolute atomic E-state index is 0.137. The van der Waals surface area contributed by atoms with E-state index in [-0.39, 0.29) is 6.10 Å². The first-order valence-electron chi connectivity index (χ1n) is 6.75. The van der Waals surface area contributed by atoms with Crippen LogP contribution >= 0.6 is 15.9 Å². The van der Waals surface area contributed by atoms with E-state index in [4.69, 9.17) is 4.74 Å². The van der Waals surface area contributed by atoms with Gasteiger partial charge in [-0.25, -0.2) is 0 Å². The van der Waals surface area contributed by atoms with E-state index in [1.54, 1.807) is 4.68 Å². The van der Waals surface area contributed by atoms with Gasteiger partial charge in [0.2, 0.25) is 0 Å². The number of aromatic nitrogens is 2. The second kappa shape index (κ2) is 5.22. The van der Waals surface area contributed by atoms with Crippen LogP contribution in [0.3, 0.4) is 0 Å². The van der Waals surface area contributed by atoms with Crippen LogP contribution in [0.15, 0.2) is 28.9 Å². The maximum atomic E-state index is 10.4. The van der Waals surface area contributed by atoms with Gasteiger partial charge >= 0.3 is 0 Å². The van der Waals surface area contributed by atoms with E-state index >= 15 is 0 Å². The van der Waals surface area contributed by atoms with Crippen LogP contribution in [0.25, 0.3) is 0 Å². The molecule has 0 spiro atoms. The average molecular weight is 337 g/mol. The Morgan fingerprint density at radius 3 is 3.00 bits per heavy atom. The minimum Gasteiger partial charge on any atom is -0.485 e. The zero-order valence-electron chi connectivity index (χ0n) is 11.5. The van der Waals surface area contributed by atoms with E-state index in [9.17, 15) is 5.11 Å². The Labute approximate surface area is 126 Å². The van der Waals surface area contributed by atoms with Gasteiger partial charge in [0.25, 0.3) is 0 Å². The summed E-state index contributed by atoms with van der Waals surface area (Å²) in [5, 5.41) is 14.8. The monoisotopic (exact) mass is 336 g/mol. The summed E-state index contributed by atoms with van der Waals surface area (Å²) in [6.07, 6.45) is 2.76. The number of nitrogens with zero attached hydrogens (tertiary/aromatic N) is 2. The summed E-state index contributed by atoms with van der Waals surface area (Å²) in [5.74, 6) is 0.753. The average Bonchev–Trinajstić information content (AvgIpc) is 2.80. The molecular weight excluding hydrogens is 320 g/mol. The van der Waals surface area contributed by atoms with E-state index in [0.29, 0.717) is 6.42 Å². The lowest BCUT2D eigenvalue weighted by molar-refractivity contribution is 0.0652. The summed E-state index contributed by atoms with van der Waals surface area (Å²) >= 11 is 3.42. The number of aliphatic hydroxyl groups is 1. The molecule has 1 aromatic heterocycles. The molecule has 2 heterocycles. The largest absolute Gasteiger partial charge is 0.485 e. The minimum atomic E-state index is -0.508. The van der Waals surface area contributed by atoms with E-state index < -0.39 is 6.10 Å². The van der Waals surface area contributed by atoms with Crippen LogP contribution in [0.2, 0.25) is 0 Å². The topological polar surface area (TPSA) is 47.3 Å². The number of fused-ring (bicyclic) bond motifs is 1. The summed E-state index contributed by atoms with van der Waals surface area (Å²) in [6, 6.07) is 5.74. The van der Waals surface area contributed by atoms with Gasteiger partial charge < -0.3 is 9.84 Å². The lowest BCUT2D eigenvalue weighted by Gasteiger charge is -2.29. The predicted molar refractivity (Wildman–Crippen MR) is 79.7 cm³/mol. The normalized spacial score (nSPS) is 21.4. The summed E-state index contributed by atoms with van der Waals surface area (Å²) < 4.78 is 8.82. The van der Waals surface area contributed by atoms with Gasteiger partial charge in [-0.3, -0.25) is 4.68 Å². The second-order valence-corrected chi connectivity index (χ2v) is 6.01. The molecule has 0 radical (unpaired) electrons. The first kappa shape index (κ1) is 13.6. The molecule has 5 heteroatoms. The Morgan fingerprint density at radius 2 is 2.25 bits per heavy atom. The fraction of sp³-hybridized carbons (Fsp3) is 0.400. The SMILES string of the molecule is CCc1nn(C)cc1C1C[C@@H](O)c2cc(Br)ccc2O1. The lowest BCUT2D eigenvalue weighted by Crippen LogP contribution is -2.19. The third kappa shape index (κ3) is 2.36. The first-order chi connectivity index (χ1) is 9.58. The summed E-state index contributed by atoms with van der Waals surface area (Å²) in [6.45, 7) is 2.08. The van der Waals surface area contributed by atoms with Gasteiger partial charge in [0, 0.05) is 35.3 Å². The predicted octanol–water partition coefficient (Wildman–Crippen LogP) is 3.30. The summed E-state index contributed by atoms with van der Waals surface area (Å²) in [4.78, 5) is 0. The van der Waals surface area contributed by atoms with Crippen LogP contribution < -0.4 is 4.74 Å². The van der Waals surface area contributed by atoms with Crippen molar-refractivity contribution in [2.24, 2.45) is 7.05 Å². The number of halogens is 1. The second-order valence-electron chi connectivity index (χ2n) is 5.10. The van der Waals surface area contributed by atoms with Crippen molar-refractivity contribution >= 4 is 15.9 Å². The number of rotatable bonds is 2. The number of ether oxygens (including phenoxy) is 1. The van der Waals surface area contributed by atoms with Crippen LogP contribution in [-0.4, -0.2) is 14.9 Å². The van der Waals surface area contributed by atoms with Crippen LogP contribution in [0, 0.1) is 0 Å². The van der Waals surface area contributed by atoms with Crippen molar-refractivity contribution in [2.45, 2.75) is 32.0 Å². The van der Waals surface area contributed by atoms with E-state index in [1.165, 1.54) is 0 Å². The molecule has 0 aliphatic carbocycles. The molecule has 2 aromatic rings. The standard InChI is InChI=1S/C15H17BrN2O2/c1-3-12-11(8-18(2)17-12)15-7-13(19)10-6-9(16)4-5-14(10)20-15/h4-6,8,13,15,19H,3,7H2,1-2H3/t13-,15?/m1/s1. The van der Waals surface area contributed by atoms with E-state index in [1.807, 2.05) is 31.4 Å². The Morgan fingerprint density at radius 1 is 1.45 bits per heavy atom. The van der Waals surface area contributed by atoms with Gasteiger partial charge in [0.1, 0.15) is 11.9 Å². The van der Waals surface area contributed by atoms with E-state index in [0.717, 1.165) is 33.5 Å². The molecule has 106 valence electrons. The van der Waals surface area contributed by atoms with Gasteiger partial charge in [-0.2, -0.15) is 5.10 Å². The fourth-order valence-corrected chi connectivity index (χ4v) is 3.08. The molecule has 0 amide bonds. The van der Waals surface area contributed by atoms with Crippen molar-refractivity contribution < 1.29 is 9.84 Å². The molecular formula is C15H17BrN2O2. The zero-order chi connectivity index (χ0) is 14.3. The number of hydrogen-bond acceptors (Lipinski definition) is 3. The van der Waals surface area contributed by atoms with Crippen molar-refractivity contribution in [3.63, 3.8) is 0 Å². The Kier molecular flexibility index (Phi) is 3.56. The lowest BCUT2D eigenvalue weighted by atomic mass is 9.95. The molecule has 4 nitrogen and oxygen atoms in total. The van der Waals surface area contributed by atoms with Gasteiger partial charge in [-0.05, 0) is 24.6 Å². The van der Waals surface area contributed by atoms with Crippen molar-refractivity contribution in [3.8, 4) is 5.75 Å². The van der Waals surface area contributed by atoms with Crippen molar-refractivity contribution in [1.29, 1.82) is 0 Å². The third-order valence-corrected chi connectivity index (χ3v) is 4.15. The van der Waals surface area contributed by atoms with Gasteiger partial charge in [0.15, 0.2) is 0 Å². The van der Waals surface area contributed by atoms with Gasteiger partial charge in [-0.15, -0.1) is 0 Å². The highest BCUT2D eigenvalue weighted by molar-refractivity contribution is 9.10. The van der Waals surface area contributed by atoms with Crippen molar-refractivity contribution in [1.82, 2.24) is 9.78 Å². The quantitative estimate of drug-likeness (QED) is 0.915. The number of hydrogen-bond donors (Lipinski definition) is 1. The highest BCUT2D eigenvalue weighted by Gasteiger charge is 2.30. The van der Waals surface area contributed by atoms with Crippen LogP contribution in [0.5, 0.6) is 5.75 Å². The number of aliphatic hydroxyl groups excluding tert-OH is 1. The zero-order valence-corrected chi connectivity index (χ0v) is 13.1. The van der Waals surface area contributed by atoms with Crippen LogP contribution in [0.4, 0.5) is 0 Å². The molecule has 1 aliphatic heterocycles. The summed E-state index contributed by atoms with van der Waals surface area (Å²) in [7, 11) is 1.91. The molecule has 1 aliphatic rings. The summed E-state index contributed by atoms with van der Waals surface area (Å²) in [5.41, 5.74) is 2.95. The molecule has 0 saturated carbocycles. The number of benzene rings is 1. The van der Waals surface area contributed by atoms with Crippen LogP contribution in [0.1, 0.15) is 42.4 Å². The highest BCUT2D eigenvalue weighted by Crippen LogP contribution is 2.42. The Bertz CT molecular complexity index is 639. The van der Waals surface area contributed by atoms with Crippen molar-refractivity contribution in [2.75, 3.05) is 0 Å². The highest BCUT2D eigenvalue weighted by atomic mass is 79.9. The molecule has 0 bridgehead atoms. The molecule has 3 rings (SSSR count). The molecule has 1 unspecified atom stereocenters. The third-order valence-electron chi connectivity index (χ3n) is 3.66. The Balaban J connectivity index is 1.96. The molecule has 0 saturated heterocycles. The molecule has 1 N–H and O–H groups in total. The molecule has 20 heavy (non-hydrogen) atoms. The Hall–Kier alpha value is -1.33. The molecule has 1 aromatic carbocycles. The van der Waals surface area contributed by atoms with Gasteiger partial charge in [0.05, 0.1) is 11.8 Å². The fourth-order valence-electron chi connectivity index (χ4n) is 2.71. The smallest absolute Gasteiger partial charge is 0.130 e. The maximum Gasteiger partial charge on any atom is 0.130 e. The number of aryl methyl sites for hydroxylation is 2. The maximum absolute atomic E-state index is 10.4. The van der Waals surface area contributed by atoms with E-state index in [2.05, 4.69) is 28.0 Å². The van der Waals surface area contributed by atoms with Crippen molar-refractivity contribution in [3.05, 3.63) is 45.7 Å². The van der Waals surface area contributed by atoms with Gasteiger partial charge in [-0.1, -0.05) is 22.9 Å². The molecule has 2 atom stereocenters.